The topological polar surface area (TPSA) is 83.9 Å². The van der Waals surface area contributed by atoms with Gasteiger partial charge in [-0.25, -0.2) is 4.68 Å². The van der Waals surface area contributed by atoms with Crippen molar-refractivity contribution in [2.75, 3.05) is 13.6 Å². The second-order valence-electron chi connectivity index (χ2n) is 9.46. The Hall–Kier alpha value is -3.74. The highest BCUT2D eigenvalue weighted by atomic mass is 16.2. The van der Waals surface area contributed by atoms with Crippen LogP contribution in [0.5, 0.6) is 0 Å². The molecule has 2 aromatic heterocycles. The van der Waals surface area contributed by atoms with Crippen LogP contribution in [0, 0.1) is 5.92 Å². The van der Waals surface area contributed by atoms with Crippen LogP contribution in [0.3, 0.4) is 0 Å². The van der Waals surface area contributed by atoms with Crippen LogP contribution in [0.4, 0.5) is 0 Å². The third kappa shape index (κ3) is 5.85. The minimum Gasteiger partial charge on any atom is -0.340 e. The van der Waals surface area contributed by atoms with Gasteiger partial charge in [0.15, 0.2) is 5.69 Å². The maximum Gasteiger partial charge on any atom is 0.274 e. The molecular formula is C28H33N5O2. The molecule has 0 spiro atoms. The molecule has 0 saturated heterocycles. The number of carbonyl (C=O) groups excluding carboxylic acids is 1. The summed E-state index contributed by atoms with van der Waals surface area (Å²) < 4.78 is 1.43. The minimum atomic E-state index is -0.153. The van der Waals surface area contributed by atoms with Crippen molar-refractivity contribution in [3.63, 3.8) is 0 Å². The van der Waals surface area contributed by atoms with Gasteiger partial charge in [-0.05, 0) is 37.3 Å². The molecule has 0 fully saturated rings. The lowest BCUT2D eigenvalue weighted by atomic mass is 10.1. The summed E-state index contributed by atoms with van der Waals surface area (Å²) in [6.45, 7) is 5.18. The van der Waals surface area contributed by atoms with E-state index in [0.29, 0.717) is 29.6 Å². The number of fused-ring (bicyclic) bond motifs is 1. The number of H-pyrrole nitrogens is 1. The van der Waals surface area contributed by atoms with E-state index in [4.69, 9.17) is 0 Å². The molecule has 35 heavy (non-hydrogen) atoms. The van der Waals surface area contributed by atoms with Crippen molar-refractivity contribution in [2.24, 2.45) is 5.92 Å². The van der Waals surface area contributed by atoms with E-state index >= 15 is 0 Å². The zero-order valence-corrected chi connectivity index (χ0v) is 20.7. The Bertz CT molecular complexity index is 1340. The van der Waals surface area contributed by atoms with Gasteiger partial charge < -0.3 is 4.90 Å². The van der Waals surface area contributed by atoms with Crippen LogP contribution in [0.15, 0.2) is 65.5 Å². The number of aryl methyl sites for hydroxylation is 1. The third-order valence-corrected chi connectivity index (χ3v) is 6.10. The van der Waals surface area contributed by atoms with Crippen LogP contribution in [0.1, 0.15) is 49.3 Å². The fraction of sp³-hybridized carbons (Fsp3) is 0.357. The summed E-state index contributed by atoms with van der Waals surface area (Å²) in [5.74, 6) is 0.0977. The number of hydrogen-bond acceptors (Lipinski definition) is 4. The van der Waals surface area contributed by atoms with E-state index in [1.165, 1.54) is 4.68 Å². The van der Waals surface area contributed by atoms with Gasteiger partial charge in [-0.2, -0.15) is 10.2 Å². The Balaban J connectivity index is 1.34. The van der Waals surface area contributed by atoms with Gasteiger partial charge in [0.25, 0.3) is 11.5 Å². The predicted octanol–water partition coefficient (Wildman–Crippen LogP) is 4.93. The Morgan fingerprint density at radius 1 is 1.00 bits per heavy atom. The van der Waals surface area contributed by atoms with E-state index in [0.717, 1.165) is 42.6 Å². The molecule has 0 aliphatic carbocycles. The zero-order valence-electron chi connectivity index (χ0n) is 20.7. The average Bonchev–Trinajstić information content (AvgIpc) is 3.34. The molecule has 2 heterocycles. The van der Waals surface area contributed by atoms with Gasteiger partial charge in [-0.15, -0.1) is 0 Å². The predicted molar refractivity (Wildman–Crippen MR) is 139 cm³/mol. The Morgan fingerprint density at radius 3 is 2.46 bits per heavy atom. The van der Waals surface area contributed by atoms with Crippen LogP contribution in [-0.4, -0.2) is 44.4 Å². The lowest BCUT2D eigenvalue weighted by molar-refractivity contribution is 0.0786. The molecule has 1 N–H and O–H groups in total. The van der Waals surface area contributed by atoms with Crippen molar-refractivity contribution in [1.82, 2.24) is 24.9 Å². The lowest BCUT2D eigenvalue weighted by Crippen LogP contribution is -2.33. The van der Waals surface area contributed by atoms with Crippen molar-refractivity contribution in [2.45, 2.75) is 46.1 Å². The van der Waals surface area contributed by atoms with E-state index in [1.807, 2.05) is 44.2 Å². The summed E-state index contributed by atoms with van der Waals surface area (Å²) in [5.41, 5.74) is 3.38. The molecule has 4 aromatic rings. The number of benzene rings is 2. The first-order chi connectivity index (χ1) is 16.9. The van der Waals surface area contributed by atoms with Gasteiger partial charge in [0, 0.05) is 36.8 Å². The van der Waals surface area contributed by atoms with Crippen LogP contribution in [-0.2, 0) is 13.0 Å². The molecule has 7 heteroatoms. The standard InChI is InChI=1S/C28H33N5O2/c1-20(2)19-33-27(34)24-16-10-9-15-23(24)26(31-33)28(35)32(3)17-11-5-8-14-22-18-25(30-29-22)21-12-6-4-7-13-21/h4,6-7,9-10,12-13,15-16,18,20H,5,8,11,14,17,19H2,1-3H3,(H,29,30). The zero-order chi connectivity index (χ0) is 24.8. The van der Waals surface area contributed by atoms with E-state index in [2.05, 4.69) is 33.5 Å². The van der Waals surface area contributed by atoms with Crippen molar-refractivity contribution in [3.05, 3.63) is 82.4 Å². The van der Waals surface area contributed by atoms with Crippen LogP contribution >= 0.6 is 0 Å². The average molecular weight is 472 g/mol. The molecule has 0 saturated carbocycles. The number of aromatic nitrogens is 4. The molecule has 0 bridgehead atoms. The number of aromatic amines is 1. The Kier molecular flexibility index (Phi) is 7.75. The minimum absolute atomic E-state index is 0.150. The second kappa shape index (κ2) is 11.1. The molecule has 4 rings (SSSR count). The van der Waals surface area contributed by atoms with E-state index < -0.39 is 0 Å². The number of amides is 1. The van der Waals surface area contributed by atoms with Crippen LogP contribution in [0.2, 0.25) is 0 Å². The molecule has 1 amide bonds. The molecule has 0 unspecified atom stereocenters. The fourth-order valence-corrected chi connectivity index (χ4v) is 4.23. The maximum atomic E-state index is 13.3. The molecule has 2 aromatic carbocycles. The smallest absolute Gasteiger partial charge is 0.274 e. The monoisotopic (exact) mass is 471 g/mol. The van der Waals surface area contributed by atoms with Gasteiger partial charge in [0.2, 0.25) is 0 Å². The summed E-state index contributed by atoms with van der Waals surface area (Å²) in [7, 11) is 1.80. The van der Waals surface area contributed by atoms with Crippen molar-refractivity contribution < 1.29 is 4.79 Å². The van der Waals surface area contributed by atoms with Crippen molar-refractivity contribution in [1.29, 1.82) is 0 Å². The SMILES string of the molecule is CC(C)Cn1nc(C(=O)N(C)CCCCCc2cc(-c3ccccc3)n[nH]2)c2ccccc2c1=O. The Morgan fingerprint density at radius 2 is 1.71 bits per heavy atom. The normalized spacial score (nSPS) is 11.3. The van der Waals surface area contributed by atoms with Gasteiger partial charge in [-0.3, -0.25) is 14.7 Å². The van der Waals surface area contributed by atoms with Crippen LogP contribution in [0.25, 0.3) is 22.0 Å². The maximum absolute atomic E-state index is 13.3. The first-order valence-corrected chi connectivity index (χ1v) is 12.3. The van der Waals surface area contributed by atoms with Gasteiger partial charge in [-0.1, -0.05) is 68.8 Å². The largest absolute Gasteiger partial charge is 0.340 e. The fourth-order valence-electron chi connectivity index (χ4n) is 4.23. The highest BCUT2D eigenvalue weighted by Crippen LogP contribution is 2.19. The molecule has 0 aliphatic heterocycles. The first kappa shape index (κ1) is 24.4. The van der Waals surface area contributed by atoms with Gasteiger partial charge in [0.05, 0.1) is 11.1 Å². The number of carbonyl (C=O) groups is 1. The summed E-state index contributed by atoms with van der Waals surface area (Å²) in [4.78, 5) is 27.8. The molecule has 0 atom stereocenters. The summed E-state index contributed by atoms with van der Waals surface area (Å²) in [5, 5.41) is 13.2. The first-order valence-electron chi connectivity index (χ1n) is 12.3. The lowest BCUT2D eigenvalue weighted by Gasteiger charge is -2.19. The summed E-state index contributed by atoms with van der Waals surface area (Å²) >= 11 is 0. The van der Waals surface area contributed by atoms with Crippen LogP contribution < -0.4 is 5.56 Å². The summed E-state index contributed by atoms with van der Waals surface area (Å²) in [6.07, 6.45) is 3.83. The molecule has 182 valence electrons. The quantitative estimate of drug-likeness (QED) is 0.333. The van der Waals surface area contributed by atoms with Gasteiger partial charge >= 0.3 is 0 Å². The van der Waals surface area contributed by atoms with E-state index in [-0.39, 0.29) is 17.4 Å². The number of nitrogens with zero attached hydrogens (tertiary/aromatic N) is 4. The molecule has 0 radical (unpaired) electrons. The van der Waals surface area contributed by atoms with Crippen molar-refractivity contribution in [3.8, 4) is 11.3 Å². The summed E-state index contributed by atoms with van der Waals surface area (Å²) in [6, 6.07) is 19.5. The van der Waals surface area contributed by atoms with E-state index in [1.54, 1.807) is 24.1 Å². The molecular weight excluding hydrogens is 438 g/mol. The molecule has 0 aliphatic rings. The highest BCUT2D eigenvalue weighted by molar-refractivity contribution is 6.04. The third-order valence-electron chi connectivity index (χ3n) is 6.10. The van der Waals surface area contributed by atoms with Gasteiger partial charge in [0.1, 0.15) is 0 Å². The van der Waals surface area contributed by atoms with E-state index in [9.17, 15) is 9.59 Å². The number of hydrogen-bond donors (Lipinski definition) is 1. The number of nitrogens with one attached hydrogen (secondary N) is 1. The number of rotatable bonds is 10. The second-order valence-corrected chi connectivity index (χ2v) is 9.46. The number of unbranched alkanes of at least 4 members (excludes halogenated alkanes) is 2. The van der Waals surface area contributed by atoms with Crippen molar-refractivity contribution >= 4 is 16.7 Å². The molecule has 7 nitrogen and oxygen atoms in total. The Labute approximate surface area is 205 Å². The highest BCUT2D eigenvalue weighted by Gasteiger charge is 2.20.